The fourth-order valence-corrected chi connectivity index (χ4v) is 2.13. The number of nitrogens with two attached hydrogens (primary N) is 1. The van der Waals surface area contributed by atoms with Crippen molar-refractivity contribution in [2.75, 3.05) is 17.6 Å². The number of anilines is 2. The SMILES string of the molecule is CCC(CC)C(O)CNc1nc(N)nc(C)c1[N+](=O)[O-]. The molecule has 1 aromatic heterocycles. The van der Waals surface area contributed by atoms with E-state index >= 15 is 0 Å². The van der Waals surface area contributed by atoms with E-state index in [0.29, 0.717) is 0 Å². The Morgan fingerprint density at radius 3 is 2.50 bits per heavy atom. The van der Waals surface area contributed by atoms with Crippen LogP contribution in [0.1, 0.15) is 32.4 Å². The molecule has 0 bridgehead atoms. The second-order valence-corrected chi connectivity index (χ2v) is 4.65. The van der Waals surface area contributed by atoms with Gasteiger partial charge in [-0.3, -0.25) is 10.1 Å². The zero-order valence-electron chi connectivity index (χ0n) is 12.0. The molecule has 0 saturated heterocycles. The van der Waals surface area contributed by atoms with Crippen molar-refractivity contribution >= 4 is 17.5 Å². The number of hydrogen-bond donors (Lipinski definition) is 3. The Labute approximate surface area is 117 Å². The Kier molecular flexibility index (Phi) is 5.63. The van der Waals surface area contributed by atoms with Crippen LogP contribution in [0.15, 0.2) is 0 Å². The van der Waals surface area contributed by atoms with Gasteiger partial charge in [-0.1, -0.05) is 26.7 Å². The molecule has 8 nitrogen and oxygen atoms in total. The largest absolute Gasteiger partial charge is 0.391 e. The molecule has 1 heterocycles. The zero-order chi connectivity index (χ0) is 15.3. The topological polar surface area (TPSA) is 127 Å². The van der Waals surface area contributed by atoms with Crippen molar-refractivity contribution in [2.45, 2.75) is 39.7 Å². The molecule has 0 aliphatic rings. The summed E-state index contributed by atoms with van der Waals surface area (Å²) in [6, 6.07) is 0. The predicted octanol–water partition coefficient (Wildman–Crippen LogP) is 1.48. The summed E-state index contributed by atoms with van der Waals surface area (Å²) in [6.45, 7) is 5.67. The fourth-order valence-electron chi connectivity index (χ4n) is 2.13. The number of nitrogens with one attached hydrogen (secondary N) is 1. The van der Waals surface area contributed by atoms with Crippen molar-refractivity contribution in [3.05, 3.63) is 15.8 Å². The Morgan fingerprint density at radius 2 is 2.00 bits per heavy atom. The van der Waals surface area contributed by atoms with Gasteiger partial charge in [-0.05, 0) is 12.8 Å². The summed E-state index contributed by atoms with van der Waals surface area (Å²) in [4.78, 5) is 18.1. The van der Waals surface area contributed by atoms with Gasteiger partial charge in [-0.2, -0.15) is 4.98 Å². The lowest BCUT2D eigenvalue weighted by Gasteiger charge is -2.20. The molecule has 1 unspecified atom stereocenters. The number of aryl methyl sites for hydroxylation is 1. The van der Waals surface area contributed by atoms with Crippen molar-refractivity contribution in [1.82, 2.24) is 9.97 Å². The Bertz CT molecular complexity index is 476. The van der Waals surface area contributed by atoms with Crippen LogP contribution >= 0.6 is 0 Å². The zero-order valence-corrected chi connectivity index (χ0v) is 12.0. The summed E-state index contributed by atoms with van der Waals surface area (Å²) in [7, 11) is 0. The Morgan fingerprint density at radius 1 is 1.40 bits per heavy atom. The summed E-state index contributed by atoms with van der Waals surface area (Å²) < 4.78 is 0. The lowest BCUT2D eigenvalue weighted by molar-refractivity contribution is -0.385. The summed E-state index contributed by atoms with van der Waals surface area (Å²) in [6.07, 6.45) is 1.08. The second kappa shape index (κ2) is 6.99. The molecule has 0 saturated carbocycles. The molecule has 1 atom stereocenters. The van der Waals surface area contributed by atoms with Crippen LogP contribution in [0, 0.1) is 23.0 Å². The first-order chi connectivity index (χ1) is 9.40. The van der Waals surface area contributed by atoms with Gasteiger partial charge in [0.25, 0.3) is 0 Å². The highest BCUT2D eigenvalue weighted by molar-refractivity contribution is 5.60. The van der Waals surface area contributed by atoms with Crippen LogP contribution in [-0.2, 0) is 0 Å². The van der Waals surface area contributed by atoms with Gasteiger partial charge in [0.15, 0.2) is 0 Å². The maximum atomic E-state index is 11.0. The first-order valence-corrected chi connectivity index (χ1v) is 6.61. The van der Waals surface area contributed by atoms with E-state index < -0.39 is 11.0 Å². The van der Waals surface area contributed by atoms with Crippen LogP contribution < -0.4 is 11.1 Å². The van der Waals surface area contributed by atoms with E-state index in [4.69, 9.17) is 5.73 Å². The normalized spacial score (nSPS) is 12.4. The van der Waals surface area contributed by atoms with E-state index in [0.717, 1.165) is 12.8 Å². The van der Waals surface area contributed by atoms with Crippen LogP contribution in [0.2, 0.25) is 0 Å². The van der Waals surface area contributed by atoms with E-state index in [1.165, 1.54) is 6.92 Å². The van der Waals surface area contributed by atoms with Gasteiger partial charge in [0, 0.05) is 6.54 Å². The lowest BCUT2D eigenvalue weighted by Crippen LogP contribution is -2.28. The number of nitrogens with zero attached hydrogens (tertiary/aromatic N) is 3. The van der Waals surface area contributed by atoms with E-state index in [-0.39, 0.29) is 35.6 Å². The Hall–Kier alpha value is -1.96. The summed E-state index contributed by atoms with van der Waals surface area (Å²) in [5, 5.41) is 23.9. The molecule has 8 heteroatoms. The van der Waals surface area contributed by atoms with Gasteiger partial charge in [0.2, 0.25) is 11.8 Å². The molecule has 0 spiro atoms. The Balaban J connectivity index is 2.89. The highest BCUT2D eigenvalue weighted by atomic mass is 16.6. The average molecular weight is 283 g/mol. The number of aliphatic hydroxyl groups is 1. The molecule has 1 aromatic rings. The van der Waals surface area contributed by atoms with Crippen LogP contribution in [0.3, 0.4) is 0 Å². The van der Waals surface area contributed by atoms with Crippen LogP contribution in [0.5, 0.6) is 0 Å². The van der Waals surface area contributed by atoms with Gasteiger partial charge in [0.1, 0.15) is 5.69 Å². The molecule has 0 aromatic carbocycles. The van der Waals surface area contributed by atoms with E-state index in [9.17, 15) is 15.2 Å². The number of rotatable bonds is 7. The predicted molar refractivity (Wildman–Crippen MR) is 76.4 cm³/mol. The molecule has 112 valence electrons. The minimum absolute atomic E-state index is 0.0346. The maximum absolute atomic E-state index is 11.0. The van der Waals surface area contributed by atoms with E-state index in [1.807, 2.05) is 13.8 Å². The number of hydrogen-bond acceptors (Lipinski definition) is 7. The van der Waals surface area contributed by atoms with Gasteiger partial charge in [-0.25, -0.2) is 4.98 Å². The first kappa shape index (κ1) is 16.1. The number of nitrogen functional groups attached to an aromatic ring is 1. The standard InChI is InChI=1S/C12H21N5O3/c1-4-8(5-2)9(18)6-14-11-10(17(19)20)7(3)15-12(13)16-11/h8-9,18H,4-6H2,1-3H3,(H3,13,14,15,16). The number of aromatic nitrogens is 2. The van der Waals surface area contributed by atoms with Gasteiger partial charge >= 0.3 is 5.69 Å². The highest BCUT2D eigenvalue weighted by Gasteiger charge is 2.23. The van der Waals surface area contributed by atoms with Crippen molar-refractivity contribution in [1.29, 1.82) is 0 Å². The van der Waals surface area contributed by atoms with Gasteiger partial charge < -0.3 is 16.2 Å². The molecule has 0 fully saturated rings. The van der Waals surface area contributed by atoms with E-state index in [2.05, 4.69) is 15.3 Å². The fraction of sp³-hybridized carbons (Fsp3) is 0.667. The molecule has 4 N–H and O–H groups in total. The first-order valence-electron chi connectivity index (χ1n) is 6.61. The highest BCUT2D eigenvalue weighted by Crippen LogP contribution is 2.26. The van der Waals surface area contributed by atoms with Gasteiger partial charge in [-0.15, -0.1) is 0 Å². The quantitative estimate of drug-likeness (QED) is 0.511. The minimum Gasteiger partial charge on any atom is -0.391 e. The summed E-state index contributed by atoms with van der Waals surface area (Å²) >= 11 is 0. The molecule has 20 heavy (non-hydrogen) atoms. The van der Waals surface area contributed by atoms with Crippen LogP contribution in [0.4, 0.5) is 17.5 Å². The number of aliphatic hydroxyl groups excluding tert-OH is 1. The van der Waals surface area contributed by atoms with Gasteiger partial charge in [0.05, 0.1) is 11.0 Å². The molecule has 0 radical (unpaired) electrons. The minimum atomic E-state index is -0.596. The summed E-state index contributed by atoms with van der Waals surface area (Å²) in [5.41, 5.74) is 5.48. The molecule has 0 aliphatic heterocycles. The van der Waals surface area contributed by atoms with Crippen LogP contribution in [-0.4, -0.2) is 32.6 Å². The number of nitro groups is 1. The molecule has 0 aliphatic carbocycles. The van der Waals surface area contributed by atoms with Crippen LogP contribution in [0.25, 0.3) is 0 Å². The monoisotopic (exact) mass is 283 g/mol. The van der Waals surface area contributed by atoms with E-state index in [1.54, 1.807) is 0 Å². The molecular weight excluding hydrogens is 262 g/mol. The van der Waals surface area contributed by atoms with Crippen molar-refractivity contribution in [2.24, 2.45) is 5.92 Å². The third-order valence-corrected chi connectivity index (χ3v) is 3.33. The smallest absolute Gasteiger partial charge is 0.332 e. The third kappa shape index (κ3) is 3.77. The van der Waals surface area contributed by atoms with Crippen molar-refractivity contribution in [3.63, 3.8) is 0 Å². The molecule has 0 amide bonds. The molecule has 1 rings (SSSR count). The average Bonchev–Trinajstić information content (AvgIpc) is 2.36. The lowest BCUT2D eigenvalue weighted by atomic mass is 9.96. The molecular formula is C12H21N5O3. The summed E-state index contributed by atoms with van der Waals surface area (Å²) in [5.74, 6) is 0.152. The second-order valence-electron chi connectivity index (χ2n) is 4.65. The van der Waals surface area contributed by atoms with Crippen molar-refractivity contribution in [3.8, 4) is 0 Å². The maximum Gasteiger partial charge on any atom is 0.332 e. The third-order valence-electron chi connectivity index (χ3n) is 3.33. The van der Waals surface area contributed by atoms with Crippen molar-refractivity contribution < 1.29 is 10.0 Å².